The number of rotatable bonds is 2. The molecule has 0 fully saturated rings. The fraction of sp³-hybridized carbons (Fsp3) is 0.111. The predicted molar refractivity (Wildman–Crippen MR) is 49.1 cm³/mol. The van der Waals surface area contributed by atoms with E-state index in [1.54, 1.807) is 0 Å². The van der Waals surface area contributed by atoms with Gasteiger partial charge in [0.15, 0.2) is 5.82 Å². The van der Waals surface area contributed by atoms with E-state index >= 15 is 0 Å². The highest BCUT2D eigenvalue weighted by Crippen LogP contribution is 2.23. The Hall–Kier alpha value is -2.11. The number of nitrogens with zero attached hydrogens (tertiary/aromatic N) is 1. The number of nitrogens with one attached hydrogen (secondary N) is 1. The van der Waals surface area contributed by atoms with E-state index in [-0.39, 0.29) is 11.4 Å². The van der Waals surface area contributed by atoms with Gasteiger partial charge in [0, 0.05) is 0 Å². The molecule has 6 heteroatoms. The second-order valence-electron chi connectivity index (χ2n) is 2.79. The number of halogens is 1. The van der Waals surface area contributed by atoms with Crippen molar-refractivity contribution in [1.29, 1.82) is 0 Å². The molecule has 5 nitrogen and oxygen atoms in total. The summed E-state index contributed by atoms with van der Waals surface area (Å²) in [5, 5.41) is 3.38. The first kappa shape index (κ1) is 9.45. The van der Waals surface area contributed by atoms with Gasteiger partial charge in [0.25, 0.3) is 0 Å². The Balaban J connectivity index is 2.56. The molecule has 0 bridgehead atoms. The SMILES string of the molecule is COc1ccc(F)c(-c2noc(=O)[nH]2)c1. The zero-order valence-electron chi connectivity index (χ0n) is 7.78. The van der Waals surface area contributed by atoms with Crippen molar-refractivity contribution in [2.45, 2.75) is 0 Å². The molecule has 2 aromatic rings. The summed E-state index contributed by atoms with van der Waals surface area (Å²) in [5.74, 6) is -0.737. The first-order valence-corrected chi connectivity index (χ1v) is 4.10. The Bertz CT molecular complexity index is 532. The average Bonchev–Trinajstić information content (AvgIpc) is 2.65. The maximum Gasteiger partial charge on any atom is 0.439 e. The summed E-state index contributed by atoms with van der Waals surface area (Å²) < 4.78 is 22.5. The molecule has 78 valence electrons. The average molecular weight is 210 g/mol. The Morgan fingerprint density at radius 1 is 1.53 bits per heavy atom. The van der Waals surface area contributed by atoms with Crippen molar-refractivity contribution >= 4 is 0 Å². The van der Waals surface area contributed by atoms with E-state index in [9.17, 15) is 9.18 Å². The number of hydrogen-bond donors (Lipinski definition) is 1. The molecule has 1 aromatic heterocycles. The van der Waals surface area contributed by atoms with Gasteiger partial charge in [-0.3, -0.25) is 9.51 Å². The Morgan fingerprint density at radius 3 is 2.93 bits per heavy atom. The number of H-pyrrole nitrogens is 1. The molecular formula is C9H7FN2O3. The molecule has 0 aliphatic heterocycles. The van der Waals surface area contributed by atoms with E-state index < -0.39 is 11.6 Å². The van der Waals surface area contributed by atoms with E-state index in [2.05, 4.69) is 14.7 Å². The summed E-state index contributed by atoms with van der Waals surface area (Å²) in [6.45, 7) is 0. The van der Waals surface area contributed by atoms with Crippen molar-refractivity contribution in [3.05, 3.63) is 34.6 Å². The summed E-state index contributed by atoms with van der Waals surface area (Å²) in [4.78, 5) is 12.9. The van der Waals surface area contributed by atoms with Gasteiger partial charge in [-0.1, -0.05) is 5.16 Å². The van der Waals surface area contributed by atoms with Crippen LogP contribution in [0.3, 0.4) is 0 Å². The van der Waals surface area contributed by atoms with Crippen LogP contribution in [0, 0.1) is 5.82 Å². The maximum absolute atomic E-state index is 13.3. The molecule has 0 aliphatic carbocycles. The van der Waals surface area contributed by atoms with Crippen LogP contribution in [0.15, 0.2) is 27.5 Å². The summed E-state index contributed by atoms with van der Waals surface area (Å²) in [5.41, 5.74) is 0.125. The predicted octanol–water partition coefficient (Wildman–Crippen LogP) is 1.18. The third kappa shape index (κ3) is 1.74. The second-order valence-corrected chi connectivity index (χ2v) is 2.79. The summed E-state index contributed by atoms with van der Waals surface area (Å²) in [6, 6.07) is 4.11. The normalized spacial score (nSPS) is 10.3. The van der Waals surface area contributed by atoms with Crippen molar-refractivity contribution in [1.82, 2.24) is 10.1 Å². The van der Waals surface area contributed by atoms with Crippen LogP contribution in [0.2, 0.25) is 0 Å². The first-order valence-electron chi connectivity index (χ1n) is 4.10. The van der Waals surface area contributed by atoms with Gasteiger partial charge in [-0.05, 0) is 18.2 Å². The first-order chi connectivity index (χ1) is 7.20. The molecule has 1 N–H and O–H groups in total. The molecule has 1 heterocycles. The van der Waals surface area contributed by atoms with Crippen LogP contribution in [0.4, 0.5) is 4.39 Å². The van der Waals surface area contributed by atoms with Crippen LogP contribution < -0.4 is 10.5 Å². The van der Waals surface area contributed by atoms with E-state index in [0.29, 0.717) is 5.75 Å². The molecule has 0 saturated heterocycles. The second kappa shape index (κ2) is 3.56. The minimum Gasteiger partial charge on any atom is -0.497 e. The Labute approximate surface area is 83.5 Å². The Kier molecular flexibility index (Phi) is 2.24. The highest BCUT2D eigenvalue weighted by molar-refractivity contribution is 5.57. The lowest BCUT2D eigenvalue weighted by Gasteiger charge is -2.02. The topological polar surface area (TPSA) is 68.1 Å². The van der Waals surface area contributed by atoms with Crippen molar-refractivity contribution < 1.29 is 13.7 Å². The highest BCUT2D eigenvalue weighted by atomic mass is 19.1. The smallest absolute Gasteiger partial charge is 0.439 e. The number of hydrogen-bond acceptors (Lipinski definition) is 4. The largest absolute Gasteiger partial charge is 0.497 e. The minimum absolute atomic E-state index is 0.0383. The van der Waals surface area contributed by atoms with Crippen LogP contribution in [0.5, 0.6) is 5.75 Å². The third-order valence-corrected chi connectivity index (χ3v) is 1.87. The van der Waals surface area contributed by atoms with Crippen LogP contribution in [-0.2, 0) is 0 Å². The van der Waals surface area contributed by atoms with Gasteiger partial charge in [0.2, 0.25) is 0 Å². The lowest BCUT2D eigenvalue weighted by Crippen LogP contribution is -1.96. The number of aromatic nitrogens is 2. The quantitative estimate of drug-likeness (QED) is 0.808. The fourth-order valence-corrected chi connectivity index (χ4v) is 1.16. The number of benzene rings is 1. The zero-order valence-corrected chi connectivity index (χ0v) is 7.78. The lowest BCUT2D eigenvalue weighted by atomic mass is 10.2. The van der Waals surface area contributed by atoms with Crippen LogP contribution in [0.1, 0.15) is 0 Å². The van der Waals surface area contributed by atoms with E-state index in [0.717, 1.165) is 0 Å². The van der Waals surface area contributed by atoms with Crippen molar-refractivity contribution in [3.8, 4) is 17.1 Å². The lowest BCUT2D eigenvalue weighted by molar-refractivity contribution is 0.387. The van der Waals surface area contributed by atoms with Gasteiger partial charge in [0.05, 0.1) is 12.7 Å². The molecule has 0 radical (unpaired) electrons. The van der Waals surface area contributed by atoms with Crippen molar-refractivity contribution in [3.63, 3.8) is 0 Å². The molecule has 0 spiro atoms. The molecule has 0 saturated carbocycles. The number of aromatic amines is 1. The van der Waals surface area contributed by atoms with Gasteiger partial charge in [-0.15, -0.1) is 0 Å². The van der Waals surface area contributed by atoms with Gasteiger partial charge < -0.3 is 4.74 Å². The van der Waals surface area contributed by atoms with Gasteiger partial charge in [0.1, 0.15) is 11.6 Å². The molecule has 0 atom stereocenters. The third-order valence-electron chi connectivity index (χ3n) is 1.87. The number of ether oxygens (including phenoxy) is 1. The molecule has 0 unspecified atom stereocenters. The van der Waals surface area contributed by atoms with Gasteiger partial charge in [-0.25, -0.2) is 9.18 Å². The van der Waals surface area contributed by atoms with E-state index in [1.807, 2.05) is 0 Å². The van der Waals surface area contributed by atoms with E-state index in [1.165, 1.54) is 25.3 Å². The molecule has 2 rings (SSSR count). The van der Waals surface area contributed by atoms with Gasteiger partial charge in [-0.2, -0.15) is 0 Å². The van der Waals surface area contributed by atoms with Gasteiger partial charge >= 0.3 is 5.76 Å². The monoisotopic (exact) mass is 210 g/mol. The van der Waals surface area contributed by atoms with Crippen molar-refractivity contribution in [2.24, 2.45) is 0 Å². The summed E-state index contributed by atoms with van der Waals surface area (Å²) in [7, 11) is 1.46. The molecular weight excluding hydrogens is 203 g/mol. The van der Waals surface area contributed by atoms with Crippen LogP contribution >= 0.6 is 0 Å². The molecule has 15 heavy (non-hydrogen) atoms. The van der Waals surface area contributed by atoms with E-state index in [4.69, 9.17) is 4.74 Å². The summed E-state index contributed by atoms with van der Waals surface area (Å²) >= 11 is 0. The molecule has 0 aliphatic rings. The van der Waals surface area contributed by atoms with Crippen LogP contribution in [-0.4, -0.2) is 17.3 Å². The Morgan fingerprint density at radius 2 is 2.33 bits per heavy atom. The standard InChI is InChI=1S/C9H7FN2O3/c1-14-5-2-3-7(10)6(4-5)8-11-9(13)15-12-8/h2-4H,1H3,(H,11,12,13). The number of methoxy groups -OCH3 is 1. The molecule has 1 aromatic carbocycles. The minimum atomic E-state index is -0.729. The fourth-order valence-electron chi connectivity index (χ4n) is 1.16. The summed E-state index contributed by atoms with van der Waals surface area (Å²) in [6.07, 6.45) is 0. The van der Waals surface area contributed by atoms with Crippen molar-refractivity contribution in [2.75, 3.05) is 7.11 Å². The maximum atomic E-state index is 13.3. The highest BCUT2D eigenvalue weighted by Gasteiger charge is 2.11. The molecule has 0 amide bonds. The zero-order chi connectivity index (χ0) is 10.8. The van der Waals surface area contributed by atoms with Crippen LogP contribution in [0.25, 0.3) is 11.4 Å².